The molecule has 0 bridgehead atoms. The van der Waals surface area contributed by atoms with Crippen molar-refractivity contribution in [1.29, 1.82) is 0 Å². The molecule has 1 amide bonds. The van der Waals surface area contributed by atoms with Crippen LogP contribution in [0.15, 0.2) is 36.4 Å². The molecule has 7 nitrogen and oxygen atoms in total. The lowest BCUT2D eigenvalue weighted by Gasteiger charge is -2.38. The van der Waals surface area contributed by atoms with E-state index >= 15 is 0 Å². The van der Waals surface area contributed by atoms with Crippen molar-refractivity contribution in [2.45, 2.75) is 31.4 Å². The smallest absolute Gasteiger partial charge is 0.252 e. The fourth-order valence-corrected chi connectivity index (χ4v) is 4.28. The predicted octanol–water partition coefficient (Wildman–Crippen LogP) is 3.40. The van der Waals surface area contributed by atoms with Crippen LogP contribution >= 0.6 is 0 Å². The van der Waals surface area contributed by atoms with Crippen LogP contribution in [0.3, 0.4) is 0 Å². The van der Waals surface area contributed by atoms with Gasteiger partial charge in [-0.25, -0.2) is 0 Å². The van der Waals surface area contributed by atoms with Crippen LogP contribution in [0.25, 0.3) is 0 Å². The number of carbonyl (C=O) groups is 1. The molecule has 2 heterocycles. The Hall–Kier alpha value is -2.93. The van der Waals surface area contributed by atoms with Crippen LogP contribution in [0.1, 0.15) is 30.0 Å². The van der Waals surface area contributed by atoms with E-state index in [1.54, 1.807) is 21.3 Å². The van der Waals surface area contributed by atoms with Gasteiger partial charge in [0.2, 0.25) is 0 Å². The Bertz CT molecular complexity index is 907. The Morgan fingerprint density at radius 1 is 1.03 bits per heavy atom. The van der Waals surface area contributed by atoms with E-state index in [9.17, 15) is 4.79 Å². The molecular weight excluding hydrogens is 398 g/mol. The summed E-state index contributed by atoms with van der Waals surface area (Å²) in [5, 5.41) is 0. The molecule has 166 valence electrons. The van der Waals surface area contributed by atoms with Gasteiger partial charge in [0, 0.05) is 13.2 Å². The lowest BCUT2D eigenvalue weighted by Crippen LogP contribution is -2.46. The average Bonchev–Trinajstić information content (AvgIpc) is 3.36. The van der Waals surface area contributed by atoms with Crippen molar-refractivity contribution >= 4 is 5.91 Å². The standard InChI is InChI=1S/C24H29NO6/c1-27-17-6-8-18(9-7-17)31-15-20-19-14-23(29-3)22(28-2)13-16(19)10-11-25(20)24(26)21-5-4-12-30-21/h6-9,13-14,20-21H,4-5,10-12,15H2,1-3H3. The van der Waals surface area contributed by atoms with Crippen molar-refractivity contribution in [1.82, 2.24) is 4.90 Å². The number of carbonyl (C=O) groups excluding carboxylic acids is 1. The monoisotopic (exact) mass is 427 g/mol. The molecule has 2 unspecified atom stereocenters. The van der Waals surface area contributed by atoms with Gasteiger partial charge in [0.1, 0.15) is 24.2 Å². The van der Waals surface area contributed by atoms with Crippen LogP contribution in [-0.4, -0.2) is 58.0 Å². The van der Waals surface area contributed by atoms with Crippen molar-refractivity contribution in [3.05, 3.63) is 47.5 Å². The van der Waals surface area contributed by atoms with E-state index < -0.39 is 0 Å². The van der Waals surface area contributed by atoms with Crippen LogP contribution in [0.4, 0.5) is 0 Å². The summed E-state index contributed by atoms with van der Waals surface area (Å²) in [5.41, 5.74) is 2.15. The van der Waals surface area contributed by atoms with Gasteiger partial charge in [0.05, 0.1) is 27.4 Å². The molecule has 2 aromatic rings. The first-order chi connectivity index (χ1) is 15.1. The fraction of sp³-hybridized carbons (Fsp3) is 0.458. The second kappa shape index (κ2) is 9.47. The van der Waals surface area contributed by atoms with Crippen molar-refractivity contribution in [3.8, 4) is 23.0 Å². The zero-order valence-electron chi connectivity index (χ0n) is 18.3. The van der Waals surface area contributed by atoms with E-state index in [1.807, 2.05) is 41.3 Å². The zero-order valence-corrected chi connectivity index (χ0v) is 18.3. The molecule has 0 N–H and O–H groups in total. The highest BCUT2D eigenvalue weighted by molar-refractivity contribution is 5.82. The topological polar surface area (TPSA) is 66.5 Å². The zero-order chi connectivity index (χ0) is 21.8. The SMILES string of the molecule is COc1ccc(OCC2c3cc(OC)c(OC)cc3CCN2C(=O)C2CCCO2)cc1. The van der Waals surface area contributed by atoms with Gasteiger partial charge in [-0.05, 0) is 66.8 Å². The summed E-state index contributed by atoms with van der Waals surface area (Å²) in [5.74, 6) is 2.85. The van der Waals surface area contributed by atoms with Crippen LogP contribution in [0, 0.1) is 0 Å². The first kappa shape index (κ1) is 21.3. The van der Waals surface area contributed by atoms with E-state index in [2.05, 4.69) is 0 Å². The number of benzene rings is 2. The van der Waals surface area contributed by atoms with E-state index in [1.165, 1.54) is 0 Å². The van der Waals surface area contributed by atoms with Crippen LogP contribution in [0.5, 0.6) is 23.0 Å². The van der Waals surface area contributed by atoms with E-state index in [4.69, 9.17) is 23.7 Å². The third kappa shape index (κ3) is 4.42. The first-order valence-corrected chi connectivity index (χ1v) is 10.6. The van der Waals surface area contributed by atoms with E-state index in [-0.39, 0.29) is 18.1 Å². The summed E-state index contributed by atoms with van der Waals surface area (Å²) in [6.07, 6.45) is 2.05. The summed E-state index contributed by atoms with van der Waals surface area (Å²) in [4.78, 5) is 15.2. The molecule has 1 saturated heterocycles. The summed E-state index contributed by atoms with van der Waals surface area (Å²) in [6.45, 7) is 1.57. The molecular formula is C24H29NO6. The molecule has 0 aliphatic carbocycles. The summed E-state index contributed by atoms with van der Waals surface area (Å²) < 4.78 is 28.0. The maximum atomic E-state index is 13.3. The van der Waals surface area contributed by atoms with Gasteiger partial charge in [-0.1, -0.05) is 0 Å². The van der Waals surface area contributed by atoms with Gasteiger partial charge in [-0.3, -0.25) is 4.79 Å². The highest BCUT2D eigenvalue weighted by atomic mass is 16.5. The molecule has 0 saturated carbocycles. The Balaban J connectivity index is 1.63. The van der Waals surface area contributed by atoms with Gasteiger partial charge in [-0.2, -0.15) is 0 Å². The molecule has 2 aromatic carbocycles. The van der Waals surface area contributed by atoms with Gasteiger partial charge in [0.15, 0.2) is 11.5 Å². The fourth-order valence-electron chi connectivity index (χ4n) is 4.28. The quantitative estimate of drug-likeness (QED) is 0.675. The lowest BCUT2D eigenvalue weighted by molar-refractivity contribution is -0.144. The predicted molar refractivity (Wildman–Crippen MR) is 115 cm³/mol. The van der Waals surface area contributed by atoms with Crippen molar-refractivity contribution in [3.63, 3.8) is 0 Å². The summed E-state index contributed by atoms with van der Waals surface area (Å²) in [6, 6.07) is 11.2. The van der Waals surface area contributed by atoms with Crippen LogP contribution in [-0.2, 0) is 16.0 Å². The van der Waals surface area contributed by atoms with E-state index in [0.717, 1.165) is 41.9 Å². The molecule has 0 aromatic heterocycles. The number of hydrogen-bond acceptors (Lipinski definition) is 6. The minimum Gasteiger partial charge on any atom is -0.497 e. The van der Waals surface area contributed by atoms with Gasteiger partial charge >= 0.3 is 0 Å². The highest BCUT2D eigenvalue weighted by Crippen LogP contribution is 2.39. The minimum atomic E-state index is -0.370. The Labute approximate surface area is 182 Å². The highest BCUT2D eigenvalue weighted by Gasteiger charge is 2.37. The number of methoxy groups -OCH3 is 3. The minimum absolute atomic E-state index is 0.0289. The number of ether oxygens (including phenoxy) is 5. The van der Waals surface area contributed by atoms with Crippen molar-refractivity contribution < 1.29 is 28.5 Å². The largest absolute Gasteiger partial charge is 0.497 e. The average molecular weight is 427 g/mol. The van der Waals surface area contributed by atoms with Crippen LogP contribution in [0.2, 0.25) is 0 Å². The molecule has 0 spiro atoms. The van der Waals surface area contributed by atoms with Crippen LogP contribution < -0.4 is 18.9 Å². The molecule has 4 rings (SSSR count). The molecule has 1 fully saturated rings. The Kier molecular flexibility index (Phi) is 6.51. The normalized spacial score (nSPS) is 20.2. The molecule has 7 heteroatoms. The first-order valence-electron chi connectivity index (χ1n) is 10.6. The number of hydrogen-bond donors (Lipinski definition) is 0. The van der Waals surface area contributed by atoms with Gasteiger partial charge in [-0.15, -0.1) is 0 Å². The maximum Gasteiger partial charge on any atom is 0.252 e. The summed E-state index contributed by atoms with van der Waals surface area (Å²) >= 11 is 0. The second-order valence-electron chi connectivity index (χ2n) is 7.69. The molecule has 31 heavy (non-hydrogen) atoms. The third-order valence-electron chi connectivity index (χ3n) is 5.96. The number of nitrogens with zero attached hydrogens (tertiary/aromatic N) is 1. The third-order valence-corrected chi connectivity index (χ3v) is 5.96. The summed E-state index contributed by atoms with van der Waals surface area (Å²) in [7, 11) is 4.88. The lowest BCUT2D eigenvalue weighted by atomic mass is 9.91. The van der Waals surface area contributed by atoms with Crippen molar-refractivity contribution in [2.24, 2.45) is 0 Å². The Morgan fingerprint density at radius 3 is 2.39 bits per heavy atom. The molecule has 2 aliphatic heterocycles. The number of fused-ring (bicyclic) bond motifs is 1. The molecule has 0 radical (unpaired) electrons. The Morgan fingerprint density at radius 2 is 1.74 bits per heavy atom. The molecule has 2 aliphatic rings. The number of rotatable bonds is 7. The second-order valence-corrected chi connectivity index (χ2v) is 7.69. The molecule has 2 atom stereocenters. The maximum absolute atomic E-state index is 13.3. The number of amides is 1. The van der Waals surface area contributed by atoms with Gasteiger partial charge in [0.25, 0.3) is 5.91 Å². The van der Waals surface area contributed by atoms with Gasteiger partial charge < -0.3 is 28.6 Å². The van der Waals surface area contributed by atoms with E-state index in [0.29, 0.717) is 31.3 Å². The van der Waals surface area contributed by atoms with Crippen molar-refractivity contribution in [2.75, 3.05) is 41.1 Å².